The molecule has 1 heterocycles. The highest BCUT2D eigenvalue weighted by Gasteiger charge is 2.19. The van der Waals surface area contributed by atoms with Crippen LogP contribution >= 0.6 is 0 Å². The van der Waals surface area contributed by atoms with Crippen molar-refractivity contribution in [3.8, 4) is 0 Å². The standard InChI is InChI=1S/C7H13N/c1-6-4-5-7(2,3)8-6/h4,8H,5H2,1-3H3. The van der Waals surface area contributed by atoms with Crippen molar-refractivity contribution in [3.63, 3.8) is 0 Å². The zero-order valence-corrected chi connectivity index (χ0v) is 5.78. The molecule has 0 aromatic rings. The zero-order chi connectivity index (χ0) is 6.20. The van der Waals surface area contributed by atoms with E-state index in [0.717, 1.165) is 0 Å². The molecule has 0 spiro atoms. The molecule has 0 saturated carbocycles. The summed E-state index contributed by atoms with van der Waals surface area (Å²) in [7, 11) is 0. The topological polar surface area (TPSA) is 12.0 Å². The summed E-state index contributed by atoms with van der Waals surface area (Å²) in [5.41, 5.74) is 1.64. The fourth-order valence-corrected chi connectivity index (χ4v) is 1.04. The maximum atomic E-state index is 3.35. The highest BCUT2D eigenvalue weighted by molar-refractivity contribution is 5.10. The third-order valence-corrected chi connectivity index (χ3v) is 1.45. The lowest BCUT2D eigenvalue weighted by molar-refractivity contribution is 0.467. The molecular formula is C7H13N. The lowest BCUT2D eigenvalue weighted by atomic mass is 10.1. The van der Waals surface area contributed by atoms with Gasteiger partial charge >= 0.3 is 0 Å². The molecule has 8 heavy (non-hydrogen) atoms. The second-order valence-electron chi connectivity index (χ2n) is 3.10. The Kier molecular flexibility index (Phi) is 1.07. The molecule has 0 amide bonds. The Bertz CT molecular complexity index is 122. The summed E-state index contributed by atoms with van der Waals surface area (Å²) in [6.07, 6.45) is 3.40. The van der Waals surface area contributed by atoms with E-state index < -0.39 is 0 Å². The zero-order valence-electron chi connectivity index (χ0n) is 5.78. The Labute approximate surface area is 50.8 Å². The Morgan fingerprint density at radius 2 is 2.25 bits per heavy atom. The van der Waals surface area contributed by atoms with E-state index >= 15 is 0 Å². The second-order valence-corrected chi connectivity index (χ2v) is 3.10. The molecule has 1 rings (SSSR count). The van der Waals surface area contributed by atoms with Gasteiger partial charge in [-0.2, -0.15) is 0 Å². The lowest BCUT2D eigenvalue weighted by Gasteiger charge is -2.19. The quantitative estimate of drug-likeness (QED) is 0.501. The van der Waals surface area contributed by atoms with Gasteiger partial charge in [-0.05, 0) is 27.2 Å². The summed E-state index contributed by atoms with van der Waals surface area (Å²) in [4.78, 5) is 0. The van der Waals surface area contributed by atoms with Gasteiger partial charge in [0.05, 0.1) is 0 Å². The van der Waals surface area contributed by atoms with Gasteiger partial charge in [0.15, 0.2) is 0 Å². The summed E-state index contributed by atoms with van der Waals surface area (Å²) >= 11 is 0. The maximum Gasteiger partial charge on any atom is 0.0349 e. The average molecular weight is 111 g/mol. The fourth-order valence-electron chi connectivity index (χ4n) is 1.04. The van der Waals surface area contributed by atoms with Crippen LogP contribution in [0, 0.1) is 0 Å². The molecule has 1 aliphatic heterocycles. The normalized spacial score (nSPS) is 24.6. The monoisotopic (exact) mass is 111 g/mol. The molecule has 0 radical (unpaired) electrons. The summed E-state index contributed by atoms with van der Waals surface area (Å²) < 4.78 is 0. The summed E-state index contributed by atoms with van der Waals surface area (Å²) in [5.74, 6) is 0. The maximum absolute atomic E-state index is 3.35. The van der Waals surface area contributed by atoms with E-state index in [0.29, 0.717) is 5.54 Å². The molecule has 46 valence electrons. The van der Waals surface area contributed by atoms with Crippen molar-refractivity contribution >= 4 is 0 Å². The predicted octanol–water partition coefficient (Wildman–Crippen LogP) is 1.66. The predicted molar refractivity (Wildman–Crippen MR) is 35.6 cm³/mol. The van der Waals surface area contributed by atoms with Crippen LogP contribution in [-0.4, -0.2) is 5.54 Å². The first kappa shape index (κ1) is 5.67. The largest absolute Gasteiger partial charge is 0.384 e. The fraction of sp³-hybridized carbons (Fsp3) is 0.714. The van der Waals surface area contributed by atoms with Crippen LogP contribution in [0.1, 0.15) is 27.2 Å². The summed E-state index contributed by atoms with van der Waals surface area (Å²) in [6, 6.07) is 0. The van der Waals surface area contributed by atoms with E-state index in [9.17, 15) is 0 Å². The van der Waals surface area contributed by atoms with E-state index in [2.05, 4.69) is 32.2 Å². The molecule has 0 aromatic heterocycles. The first-order valence-corrected chi connectivity index (χ1v) is 3.05. The van der Waals surface area contributed by atoms with Gasteiger partial charge in [0.2, 0.25) is 0 Å². The molecule has 1 heteroatoms. The van der Waals surface area contributed by atoms with Gasteiger partial charge in [0.1, 0.15) is 0 Å². The average Bonchev–Trinajstić information content (AvgIpc) is 1.82. The molecule has 0 bridgehead atoms. The molecule has 0 aliphatic carbocycles. The molecule has 0 unspecified atom stereocenters. The number of allylic oxidation sites excluding steroid dienone is 1. The number of hydrogen-bond donors (Lipinski definition) is 1. The highest BCUT2D eigenvalue weighted by Crippen LogP contribution is 2.18. The highest BCUT2D eigenvalue weighted by atomic mass is 15.0. The Hall–Kier alpha value is -0.460. The smallest absolute Gasteiger partial charge is 0.0349 e. The van der Waals surface area contributed by atoms with E-state index in [1.165, 1.54) is 12.1 Å². The first-order chi connectivity index (χ1) is 3.60. The van der Waals surface area contributed by atoms with E-state index in [1.807, 2.05) is 0 Å². The van der Waals surface area contributed by atoms with Gasteiger partial charge in [0.25, 0.3) is 0 Å². The SMILES string of the molecule is CC1=CCC(C)(C)N1. The van der Waals surface area contributed by atoms with Crippen LogP contribution in [0.25, 0.3) is 0 Å². The van der Waals surface area contributed by atoms with Crippen molar-refractivity contribution < 1.29 is 0 Å². The molecule has 1 nitrogen and oxygen atoms in total. The second kappa shape index (κ2) is 1.51. The van der Waals surface area contributed by atoms with Crippen LogP contribution < -0.4 is 5.32 Å². The molecule has 0 saturated heterocycles. The van der Waals surface area contributed by atoms with Crippen molar-refractivity contribution in [2.75, 3.05) is 0 Å². The van der Waals surface area contributed by atoms with Crippen molar-refractivity contribution in [3.05, 3.63) is 11.8 Å². The Balaban J connectivity index is 2.55. The van der Waals surface area contributed by atoms with Gasteiger partial charge in [-0.25, -0.2) is 0 Å². The van der Waals surface area contributed by atoms with Gasteiger partial charge in [-0.3, -0.25) is 0 Å². The third kappa shape index (κ3) is 1.03. The minimum atomic E-state index is 0.323. The van der Waals surface area contributed by atoms with Crippen LogP contribution in [-0.2, 0) is 0 Å². The first-order valence-electron chi connectivity index (χ1n) is 3.05. The van der Waals surface area contributed by atoms with Crippen LogP contribution in [0.2, 0.25) is 0 Å². The lowest BCUT2D eigenvalue weighted by Crippen LogP contribution is -2.32. The Morgan fingerprint density at radius 1 is 1.62 bits per heavy atom. The van der Waals surface area contributed by atoms with Crippen LogP contribution in [0.4, 0.5) is 0 Å². The van der Waals surface area contributed by atoms with E-state index in [1.54, 1.807) is 0 Å². The number of hydrogen-bond acceptors (Lipinski definition) is 1. The molecule has 0 fully saturated rings. The van der Waals surface area contributed by atoms with Gasteiger partial charge in [0, 0.05) is 11.2 Å². The molecular weight excluding hydrogens is 98.1 g/mol. The van der Waals surface area contributed by atoms with Crippen LogP contribution in [0.15, 0.2) is 11.8 Å². The summed E-state index contributed by atoms with van der Waals surface area (Å²) in [5, 5.41) is 3.35. The number of nitrogens with one attached hydrogen (secondary N) is 1. The minimum Gasteiger partial charge on any atom is -0.384 e. The van der Waals surface area contributed by atoms with Crippen molar-refractivity contribution in [2.45, 2.75) is 32.7 Å². The van der Waals surface area contributed by atoms with Crippen molar-refractivity contribution in [1.29, 1.82) is 0 Å². The van der Waals surface area contributed by atoms with Crippen molar-refractivity contribution in [2.24, 2.45) is 0 Å². The number of rotatable bonds is 0. The van der Waals surface area contributed by atoms with Crippen LogP contribution in [0.3, 0.4) is 0 Å². The van der Waals surface area contributed by atoms with E-state index in [-0.39, 0.29) is 0 Å². The van der Waals surface area contributed by atoms with E-state index in [4.69, 9.17) is 0 Å². The van der Waals surface area contributed by atoms with Gasteiger partial charge < -0.3 is 5.32 Å². The van der Waals surface area contributed by atoms with Crippen LogP contribution in [0.5, 0.6) is 0 Å². The Morgan fingerprint density at radius 3 is 2.38 bits per heavy atom. The molecule has 1 N–H and O–H groups in total. The third-order valence-electron chi connectivity index (χ3n) is 1.45. The minimum absolute atomic E-state index is 0.323. The molecule has 1 aliphatic rings. The summed E-state index contributed by atoms with van der Waals surface area (Å²) in [6.45, 7) is 6.52. The van der Waals surface area contributed by atoms with Crippen molar-refractivity contribution in [1.82, 2.24) is 5.32 Å². The molecule has 0 aromatic carbocycles. The van der Waals surface area contributed by atoms with Gasteiger partial charge in [-0.15, -0.1) is 0 Å². The van der Waals surface area contributed by atoms with Gasteiger partial charge in [-0.1, -0.05) is 6.08 Å². The molecule has 0 atom stereocenters.